The van der Waals surface area contributed by atoms with Crippen LogP contribution in [0.3, 0.4) is 0 Å². The third-order valence-electron chi connectivity index (χ3n) is 3.84. The van der Waals surface area contributed by atoms with Crippen LogP contribution in [-0.4, -0.2) is 58.3 Å². The van der Waals surface area contributed by atoms with E-state index < -0.39 is 12.2 Å². The van der Waals surface area contributed by atoms with E-state index in [9.17, 15) is 15.0 Å². The van der Waals surface area contributed by atoms with E-state index in [4.69, 9.17) is 0 Å². The third-order valence-corrected chi connectivity index (χ3v) is 4.75. The van der Waals surface area contributed by atoms with Gasteiger partial charge in [-0.25, -0.2) is 4.98 Å². The monoisotopic (exact) mass is 333 g/mol. The number of thiazole rings is 1. The lowest BCUT2D eigenvalue weighted by molar-refractivity contribution is -0.00404. The fraction of sp³-hybridized carbons (Fsp3) is 0.375. The van der Waals surface area contributed by atoms with Gasteiger partial charge in [0.15, 0.2) is 5.13 Å². The van der Waals surface area contributed by atoms with Crippen LogP contribution in [0.2, 0.25) is 0 Å². The van der Waals surface area contributed by atoms with E-state index >= 15 is 0 Å². The summed E-state index contributed by atoms with van der Waals surface area (Å²) in [6.45, 7) is 0.467. The molecule has 0 radical (unpaired) electrons. The summed E-state index contributed by atoms with van der Waals surface area (Å²) in [6, 6.07) is 9.78. The number of piperidine rings is 1. The van der Waals surface area contributed by atoms with E-state index in [1.54, 1.807) is 5.38 Å². The van der Waals surface area contributed by atoms with Gasteiger partial charge in [0.25, 0.3) is 5.91 Å². The number of rotatable bonds is 3. The Hall–Kier alpha value is -1.96. The number of carbonyl (C=O) groups excluding carboxylic acids is 1. The van der Waals surface area contributed by atoms with Crippen molar-refractivity contribution in [1.82, 2.24) is 9.88 Å². The van der Waals surface area contributed by atoms with Gasteiger partial charge in [-0.2, -0.15) is 0 Å². The number of benzene rings is 1. The summed E-state index contributed by atoms with van der Waals surface area (Å²) in [5.74, 6) is -0.258. The van der Waals surface area contributed by atoms with Crippen LogP contribution in [0.1, 0.15) is 16.9 Å². The first-order valence-electron chi connectivity index (χ1n) is 7.44. The largest absolute Gasteiger partial charge is 0.391 e. The van der Waals surface area contributed by atoms with E-state index in [1.165, 1.54) is 16.2 Å². The molecule has 2 atom stereocenters. The molecule has 1 saturated heterocycles. The standard InChI is InChI=1S/C16H19N3O3S/c1-18(11-5-3-2-4-6-11)16-17-14(10-23-16)15(22)19-8-12(20)7-13(21)9-19/h2-6,10,12-13,20-21H,7-9H2,1H3/t12-,13+. The molecule has 1 aliphatic rings. The number of aromatic nitrogens is 1. The summed E-state index contributed by atoms with van der Waals surface area (Å²) in [6.07, 6.45) is -1.07. The number of aliphatic hydroxyl groups is 2. The average molecular weight is 333 g/mol. The highest BCUT2D eigenvalue weighted by Gasteiger charge is 2.29. The molecule has 1 fully saturated rings. The summed E-state index contributed by atoms with van der Waals surface area (Å²) in [7, 11) is 1.90. The number of carbonyl (C=O) groups is 1. The Morgan fingerprint density at radius 1 is 1.26 bits per heavy atom. The molecule has 0 unspecified atom stereocenters. The fourth-order valence-corrected chi connectivity index (χ4v) is 3.44. The Bertz CT molecular complexity index is 666. The molecule has 1 aromatic heterocycles. The molecule has 0 spiro atoms. The van der Waals surface area contributed by atoms with E-state index in [0.29, 0.717) is 12.1 Å². The summed E-state index contributed by atoms with van der Waals surface area (Å²) < 4.78 is 0. The lowest BCUT2D eigenvalue weighted by Crippen LogP contribution is -2.48. The lowest BCUT2D eigenvalue weighted by atomic mass is 10.1. The molecule has 1 aromatic carbocycles. The number of hydrogen-bond donors (Lipinski definition) is 2. The van der Waals surface area contributed by atoms with Crippen molar-refractivity contribution in [2.24, 2.45) is 0 Å². The van der Waals surface area contributed by atoms with Crippen molar-refractivity contribution in [2.75, 3.05) is 25.0 Å². The first-order chi connectivity index (χ1) is 11.0. The fourth-order valence-electron chi connectivity index (χ4n) is 2.65. The Balaban J connectivity index is 1.75. The number of anilines is 2. The van der Waals surface area contributed by atoms with Crippen LogP contribution in [0, 0.1) is 0 Å². The van der Waals surface area contributed by atoms with Crippen molar-refractivity contribution in [3.05, 3.63) is 41.4 Å². The molecule has 23 heavy (non-hydrogen) atoms. The Morgan fingerprint density at radius 2 is 1.91 bits per heavy atom. The second kappa shape index (κ2) is 6.66. The zero-order valence-electron chi connectivity index (χ0n) is 12.8. The van der Waals surface area contributed by atoms with Crippen molar-refractivity contribution in [1.29, 1.82) is 0 Å². The highest BCUT2D eigenvalue weighted by molar-refractivity contribution is 7.14. The normalized spacial score (nSPS) is 21.3. The molecule has 1 amide bonds. The first kappa shape index (κ1) is 15.9. The minimum Gasteiger partial charge on any atom is -0.391 e. The van der Waals surface area contributed by atoms with Crippen LogP contribution in [0.4, 0.5) is 10.8 Å². The maximum absolute atomic E-state index is 12.5. The van der Waals surface area contributed by atoms with Gasteiger partial charge in [0.05, 0.1) is 12.2 Å². The molecule has 2 aromatic rings. The van der Waals surface area contributed by atoms with Gasteiger partial charge in [0, 0.05) is 37.6 Å². The maximum atomic E-state index is 12.5. The van der Waals surface area contributed by atoms with Gasteiger partial charge in [-0.05, 0) is 12.1 Å². The van der Waals surface area contributed by atoms with Gasteiger partial charge in [0.1, 0.15) is 5.69 Å². The number of hydrogen-bond acceptors (Lipinski definition) is 6. The third kappa shape index (κ3) is 3.52. The molecule has 0 bridgehead atoms. The molecule has 6 nitrogen and oxygen atoms in total. The lowest BCUT2D eigenvalue weighted by Gasteiger charge is -2.32. The smallest absolute Gasteiger partial charge is 0.273 e. The highest BCUT2D eigenvalue weighted by Crippen LogP contribution is 2.27. The quantitative estimate of drug-likeness (QED) is 0.890. The number of nitrogens with zero attached hydrogens (tertiary/aromatic N) is 3. The predicted molar refractivity (Wildman–Crippen MR) is 89.2 cm³/mol. The van der Waals surface area contributed by atoms with Gasteiger partial charge in [0.2, 0.25) is 0 Å². The molecule has 1 aliphatic heterocycles. The van der Waals surface area contributed by atoms with Crippen LogP contribution in [0.15, 0.2) is 35.7 Å². The molecule has 2 N–H and O–H groups in total. The van der Waals surface area contributed by atoms with Gasteiger partial charge >= 0.3 is 0 Å². The minimum atomic E-state index is -0.687. The van der Waals surface area contributed by atoms with Crippen molar-refractivity contribution in [3.8, 4) is 0 Å². The Morgan fingerprint density at radius 3 is 2.57 bits per heavy atom. The number of likely N-dealkylation sites (tertiary alicyclic amines) is 1. The SMILES string of the molecule is CN(c1ccccc1)c1nc(C(=O)N2C[C@H](O)C[C@H](O)C2)cs1. The average Bonchev–Trinajstić information content (AvgIpc) is 3.03. The van der Waals surface area contributed by atoms with Crippen LogP contribution in [0.25, 0.3) is 0 Å². The predicted octanol–water partition coefficient (Wildman–Crippen LogP) is 1.48. The molecule has 0 saturated carbocycles. The summed E-state index contributed by atoms with van der Waals surface area (Å²) >= 11 is 1.39. The van der Waals surface area contributed by atoms with Crippen LogP contribution >= 0.6 is 11.3 Å². The summed E-state index contributed by atoms with van der Waals surface area (Å²) in [5, 5.41) is 21.8. The van der Waals surface area contributed by atoms with Crippen LogP contribution in [-0.2, 0) is 0 Å². The zero-order chi connectivity index (χ0) is 16.4. The number of amides is 1. The Kier molecular flexibility index (Phi) is 4.61. The Labute approximate surface area is 138 Å². The zero-order valence-corrected chi connectivity index (χ0v) is 13.6. The van der Waals surface area contributed by atoms with Gasteiger partial charge in [-0.15, -0.1) is 11.3 Å². The summed E-state index contributed by atoms with van der Waals surface area (Å²) in [5.41, 5.74) is 1.33. The molecular weight excluding hydrogens is 314 g/mol. The number of para-hydroxylation sites is 1. The number of β-amino-alcohol motifs (C(OH)–C–C–N with tert-alkyl or cyclic N) is 2. The number of aliphatic hydroxyl groups excluding tert-OH is 2. The molecule has 2 heterocycles. The second-order valence-electron chi connectivity index (χ2n) is 5.66. The molecule has 3 rings (SSSR count). The van der Waals surface area contributed by atoms with Crippen molar-refractivity contribution < 1.29 is 15.0 Å². The van der Waals surface area contributed by atoms with Gasteiger partial charge in [-0.3, -0.25) is 4.79 Å². The van der Waals surface area contributed by atoms with Gasteiger partial charge in [-0.1, -0.05) is 18.2 Å². The second-order valence-corrected chi connectivity index (χ2v) is 6.50. The molecule has 7 heteroatoms. The van der Waals surface area contributed by atoms with E-state index in [-0.39, 0.29) is 19.0 Å². The molecule has 0 aliphatic carbocycles. The minimum absolute atomic E-state index is 0.233. The summed E-state index contributed by atoms with van der Waals surface area (Å²) in [4.78, 5) is 20.3. The van der Waals surface area contributed by atoms with E-state index in [2.05, 4.69) is 4.98 Å². The first-order valence-corrected chi connectivity index (χ1v) is 8.32. The van der Waals surface area contributed by atoms with Crippen LogP contribution in [0.5, 0.6) is 0 Å². The highest BCUT2D eigenvalue weighted by atomic mass is 32.1. The van der Waals surface area contributed by atoms with E-state index in [1.807, 2.05) is 42.3 Å². The molecule has 122 valence electrons. The van der Waals surface area contributed by atoms with Crippen molar-refractivity contribution >= 4 is 28.1 Å². The van der Waals surface area contributed by atoms with E-state index in [0.717, 1.165) is 10.8 Å². The van der Waals surface area contributed by atoms with Crippen molar-refractivity contribution in [2.45, 2.75) is 18.6 Å². The van der Waals surface area contributed by atoms with Crippen LogP contribution < -0.4 is 4.90 Å². The van der Waals surface area contributed by atoms with Gasteiger partial charge < -0.3 is 20.0 Å². The maximum Gasteiger partial charge on any atom is 0.273 e. The topological polar surface area (TPSA) is 76.9 Å². The van der Waals surface area contributed by atoms with Crippen molar-refractivity contribution in [3.63, 3.8) is 0 Å². The molecular formula is C16H19N3O3S.